The first kappa shape index (κ1) is 17.1. The van der Waals surface area contributed by atoms with Crippen molar-refractivity contribution in [2.24, 2.45) is 0 Å². The molecule has 0 aliphatic carbocycles. The van der Waals surface area contributed by atoms with Crippen LogP contribution in [0.25, 0.3) is 16.2 Å². The van der Waals surface area contributed by atoms with E-state index in [0.29, 0.717) is 18.0 Å². The standard InChI is InChI=1S/C18H15FN6OS/c19-13-5-3-12(4-6-13)10-20-18(26)21-11-17-23-22-16-8-7-14(24-25(16)17)15-2-1-9-27-15/h1-9H,10-11H2,(H2,20,21,26). The summed E-state index contributed by atoms with van der Waals surface area (Å²) >= 11 is 1.60. The minimum absolute atomic E-state index is 0.178. The van der Waals surface area contributed by atoms with Crippen LogP contribution < -0.4 is 10.6 Å². The first-order chi connectivity index (χ1) is 13.2. The number of amides is 2. The molecule has 0 saturated carbocycles. The topological polar surface area (TPSA) is 84.2 Å². The van der Waals surface area contributed by atoms with Crippen molar-refractivity contribution < 1.29 is 9.18 Å². The Morgan fingerprint density at radius 3 is 2.63 bits per heavy atom. The summed E-state index contributed by atoms with van der Waals surface area (Å²) in [5.74, 6) is 0.219. The van der Waals surface area contributed by atoms with Gasteiger partial charge in [-0.3, -0.25) is 0 Å². The molecular formula is C18H15FN6OS. The Balaban J connectivity index is 1.40. The molecule has 3 heterocycles. The Morgan fingerprint density at radius 1 is 1.04 bits per heavy atom. The average Bonchev–Trinajstić information content (AvgIpc) is 3.35. The number of fused-ring (bicyclic) bond motifs is 1. The van der Waals surface area contributed by atoms with E-state index < -0.39 is 0 Å². The van der Waals surface area contributed by atoms with Crippen LogP contribution in [0.1, 0.15) is 11.4 Å². The third-order valence-electron chi connectivity index (χ3n) is 3.87. The van der Waals surface area contributed by atoms with E-state index in [4.69, 9.17) is 0 Å². The maximum Gasteiger partial charge on any atom is 0.315 e. The molecule has 4 aromatic rings. The number of benzene rings is 1. The Kier molecular flexibility index (Phi) is 4.75. The van der Waals surface area contributed by atoms with E-state index in [2.05, 4.69) is 25.9 Å². The summed E-state index contributed by atoms with van der Waals surface area (Å²) in [6.45, 7) is 0.477. The molecule has 4 rings (SSSR count). The van der Waals surface area contributed by atoms with Crippen molar-refractivity contribution >= 4 is 23.0 Å². The van der Waals surface area contributed by atoms with Gasteiger partial charge in [-0.05, 0) is 41.3 Å². The van der Waals surface area contributed by atoms with Gasteiger partial charge < -0.3 is 10.6 Å². The monoisotopic (exact) mass is 382 g/mol. The molecule has 0 aliphatic heterocycles. The lowest BCUT2D eigenvalue weighted by atomic mass is 10.2. The highest BCUT2D eigenvalue weighted by molar-refractivity contribution is 7.13. The zero-order valence-electron chi connectivity index (χ0n) is 14.1. The fraction of sp³-hybridized carbons (Fsp3) is 0.111. The van der Waals surface area contributed by atoms with E-state index in [-0.39, 0.29) is 18.4 Å². The molecule has 2 amide bonds. The number of urea groups is 1. The van der Waals surface area contributed by atoms with E-state index in [1.807, 2.05) is 29.6 Å². The molecule has 0 fully saturated rings. The quantitative estimate of drug-likeness (QED) is 0.556. The molecule has 27 heavy (non-hydrogen) atoms. The number of nitrogens with one attached hydrogen (secondary N) is 2. The number of rotatable bonds is 5. The summed E-state index contributed by atoms with van der Waals surface area (Å²) in [5.41, 5.74) is 2.24. The normalized spacial score (nSPS) is 10.9. The van der Waals surface area contributed by atoms with Gasteiger partial charge in [0.2, 0.25) is 0 Å². The van der Waals surface area contributed by atoms with Gasteiger partial charge in [0.25, 0.3) is 0 Å². The van der Waals surface area contributed by atoms with Gasteiger partial charge in [0.15, 0.2) is 11.5 Å². The molecule has 7 nitrogen and oxygen atoms in total. The van der Waals surface area contributed by atoms with Crippen LogP contribution in [0, 0.1) is 5.82 Å². The number of hydrogen-bond donors (Lipinski definition) is 2. The maximum absolute atomic E-state index is 12.9. The van der Waals surface area contributed by atoms with Crippen LogP contribution in [0.3, 0.4) is 0 Å². The molecule has 0 aliphatic rings. The van der Waals surface area contributed by atoms with Crippen molar-refractivity contribution in [2.75, 3.05) is 0 Å². The lowest BCUT2D eigenvalue weighted by Gasteiger charge is -2.07. The number of aromatic nitrogens is 4. The Morgan fingerprint density at radius 2 is 1.85 bits per heavy atom. The van der Waals surface area contributed by atoms with Gasteiger partial charge in [-0.2, -0.15) is 9.61 Å². The fourth-order valence-electron chi connectivity index (χ4n) is 2.51. The van der Waals surface area contributed by atoms with E-state index in [9.17, 15) is 9.18 Å². The van der Waals surface area contributed by atoms with Crippen molar-refractivity contribution in [2.45, 2.75) is 13.1 Å². The van der Waals surface area contributed by atoms with Crippen LogP contribution in [0.15, 0.2) is 53.9 Å². The van der Waals surface area contributed by atoms with Crippen molar-refractivity contribution in [3.63, 3.8) is 0 Å². The minimum atomic E-state index is -0.356. The number of carbonyl (C=O) groups is 1. The largest absolute Gasteiger partial charge is 0.334 e. The lowest BCUT2D eigenvalue weighted by molar-refractivity contribution is 0.240. The molecular weight excluding hydrogens is 367 g/mol. The number of nitrogens with zero attached hydrogens (tertiary/aromatic N) is 4. The van der Waals surface area contributed by atoms with Crippen LogP contribution in [0.5, 0.6) is 0 Å². The van der Waals surface area contributed by atoms with E-state index >= 15 is 0 Å². The predicted molar refractivity (Wildman–Crippen MR) is 99.6 cm³/mol. The third kappa shape index (κ3) is 3.93. The van der Waals surface area contributed by atoms with Crippen LogP contribution in [0.4, 0.5) is 9.18 Å². The molecule has 0 atom stereocenters. The zero-order chi connectivity index (χ0) is 18.6. The van der Waals surface area contributed by atoms with Crippen molar-refractivity contribution in [3.8, 4) is 10.6 Å². The van der Waals surface area contributed by atoms with E-state index in [1.54, 1.807) is 28.0 Å². The smallest absolute Gasteiger partial charge is 0.315 e. The molecule has 2 N–H and O–H groups in total. The van der Waals surface area contributed by atoms with Gasteiger partial charge in [0, 0.05) is 6.54 Å². The highest BCUT2D eigenvalue weighted by Gasteiger charge is 2.10. The highest BCUT2D eigenvalue weighted by Crippen LogP contribution is 2.22. The first-order valence-corrected chi connectivity index (χ1v) is 9.08. The Bertz CT molecular complexity index is 1060. The molecule has 0 unspecified atom stereocenters. The molecule has 9 heteroatoms. The second kappa shape index (κ2) is 7.50. The van der Waals surface area contributed by atoms with E-state index in [0.717, 1.165) is 16.1 Å². The van der Waals surface area contributed by atoms with Crippen LogP contribution in [-0.2, 0) is 13.1 Å². The van der Waals surface area contributed by atoms with Crippen molar-refractivity contribution in [1.82, 2.24) is 30.4 Å². The number of thiophene rings is 1. The van der Waals surface area contributed by atoms with Gasteiger partial charge in [-0.1, -0.05) is 18.2 Å². The molecule has 1 aromatic carbocycles. The van der Waals surface area contributed by atoms with Crippen molar-refractivity contribution in [1.29, 1.82) is 0 Å². The SMILES string of the molecule is O=C(NCc1ccc(F)cc1)NCc1nnc2ccc(-c3cccs3)nn12. The van der Waals surface area contributed by atoms with Gasteiger partial charge in [-0.25, -0.2) is 9.18 Å². The molecule has 3 aromatic heterocycles. The summed E-state index contributed by atoms with van der Waals surface area (Å²) in [6, 6.07) is 13.3. The number of carbonyl (C=O) groups excluding carboxylic acids is 1. The molecule has 0 spiro atoms. The van der Waals surface area contributed by atoms with Crippen LogP contribution in [-0.4, -0.2) is 25.8 Å². The van der Waals surface area contributed by atoms with Gasteiger partial charge >= 0.3 is 6.03 Å². The zero-order valence-corrected chi connectivity index (χ0v) is 14.9. The minimum Gasteiger partial charge on any atom is -0.334 e. The summed E-state index contributed by atoms with van der Waals surface area (Å²) in [4.78, 5) is 13.0. The molecule has 0 saturated heterocycles. The number of hydrogen-bond acceptors (Lipinski definition) is 5. The molecule has 0 radical (unpaired) electrons. The third-order valence-corrected chi connectivity index (χ3v) is 4.77. The van der Waals surface area contributed by atoms with Gasteiger partial charge in [0.05, 0.1) is 11.4 Å². The van der Waals surface area contributed by atoms with Crippen molar-refractivity contribution in [3.05, 3.63) is 71.1 Å². The van der Waals surface area contributed by atoms with E-state index in [1.165, 1.54) is 12.1 Å². The predicted octanol–water partition coefficient (Wildman–Crippen LogP) is 2.99. The molecule has 136 valence electrons. The van der Waals surface area contributed by atoms with Gasteiger partial charge in [-0.15, -0.1) is 21.5 Å². The summed E-state index contributed by atoms with van der Waals surface area (Å²) in [5, 5.41) is 20.1. The first-order valence-electron chi connectivity index (χ1n) is 8.20. The van der Waals surface area contributed by atoms with Crippen LogP contribution >= 0.6 is 11.3 Å². The summed E-state index contributed by atoms with van der Waals surface area (Å²) in [6.07, 6.45) is 0. The highest BCUT2D eigenvalue weighted by atomic mass is 32.1. The average molecular weight is 382 g/mol. The number of halogens is 1. The second-order valence-electron chi connectivity index (χ2n) is 5.74. The fourth-order valence-corrected chi connectivity index (χ4v) is 3.20. The molecule has 0 bridgehead atoms. The summed E-state index contributed by atoms with van der Waals surface area (Å²) < 4.78 is 14.5. The van der Waals surface area contributed by atoms with Crippen LogP contribution in [0.2, 0.25) is 0 Å². The Hall–Kier alpha value is -3.33. The Labute approximate surface area is 157 Å². The second-order valence-corrected chi connectivity index (χ2v) is 6.69. The van der Waals surface area contributed by atoms with Gasteiger partial charge in [0.1, 0.15) is 11.5 Å². The maximum atomic E-state index is 12.9. The summed E-state index contributed by atoms with van der Waals surface area (Å²) in [7, 11) is 0. The lowest BCUT2D eigenvalue weighted by Crippen LogP contribution is -2.35.